The fourth-order valence-electron chi connectivity index (χ4n) is 4.39. The number of carbonyl (C=O) groups is 2. The van der Waals surface area contributed by atoms with Crippen molar-refractivity contribution < 1.29 is 19.1 Å². The van der Waals surface area contributed by atoms with Gasteiger partial charge in [0.1, 0.15) is 24.0 Å². The van der Waals surface area contributed by atoms with Gasteiger partial charge in [0, 0.05) is 39.9 Å². The minimum absolute atomic E-state index is 0.000110. The summed E-state index contributed by atoms with van der Waals surface area (Å²) < 4.78 is 11.5. The third-order valence-corrected chi connectivity index (χ3v) is 6.72. The third-order valence-electron chi connectivity index (χ3n) is 6.17. The van der Waals surface area contributed by atoms with E-state index in [1.807, 2.05) is 50.8 Å². The monoisotopic (exact) mass is 531 g/mol. The predicted octanol–water partition coefficient (Wildman–Crippen LogP) is 4.72. The maximum absolute atomic E-state index is 12.4. The number of amides is 2. The molecule has 1 saturated heterocycles. The van der Waals surface area contributed by atoms with E-state index < -0.39 is 11.6 Å². The lowest BCUT2D eigenvalue weighted by atomic mass is 9.99. The number of likely N-dealkylation sites (tertiary alicyclic amines) is 1. The lowest BCUT2D eigenvalue weighted by Gasteiger charge is -2.41. The fraction of sp³-hybridized carbons (Fsp3) is 0.400. The number of nitrogens with one attached hydrogen (secondary N) is 2. The number of anilines is 2. The zero-order chi connectivity index (χ0) is 25.8. The van der Waals surface area contributed by atoms with Crippen LogP contribution in [0.5, 0.6) is 5.75 Å². The Hall–Kier alpha value is -3.17. The van der Waals surface area contributed by atoms with Gasteiger partial charge in [0.15, 0.2) is 5.84 Å². The summed E-state index contributed by atoms with van der Waals surface area (Å²) in [6.45, 7) is 8.56. The van der Waals surface area contributed by atoms with Crippen molar-refractivity contribution in [3.8, 4) is 16.9 Å². The Morgan fingerprint density at radius 3 is 2.64 bits per heavy atom. The smallest absolute Gasteiger partial charge is 0.410 e. The van der Waals surface area contributed by atoms with Gasteiger partial charge in [-0.25, -0.2) is 10.2 Å². The Bertz CT molecular complexity index is 1270. The van der Waals surface area contributed by atoms with Gasteiger partial charge in [-0.2, -0.15) is 5.10 Å². The first-order chi connectivity index (χ1) is 17.0. The molecule has 1 fully saturated rings. The maximum atomic E-state index is 12.4. The summed E-state index contributed by atoms with van der Waals surface area (Å²) in [7, 11) is 0. The average Bonchev–Trinajstić information content (AvgIpc) is 2.76. The van der Waals surface area contributed by atoms with Gasteiger partial charge in [-0.1, -0.05) is 29.3 Å². The Balaban J connectivity index is 1.49. The van der Waals surface area contributed by atoms with E-state index in [2.05, 4.69) is 15.8 Å². The van der Waals surface area contributed by atoms with E-state index in [0.717, 1.165) is 22.5 Å². The molecule has 190 valence electrons. The first-order valence-electron chi connectivity index (χ1n) is 11.7. The number of amidine groups is 1. The molecule has 0 saturated carbocycles. The molecule has 5 rings (SSSR count). The molecule has 1 atom stereocenters. The van der Waals surface area contributed by atoms with Crippen LogP contribution in [0.3, 0.4) is 0 Å². The third kappa shape index (κ3) is 4.65. The van der Waals surface area contributed by atoms with Crippen molar-refractivity contribution in [2.75, 3.05) is 29.9 Å². The number of ether oxygens (including phenoxy) is 2. The number of fused-ring (bicyclic) bond motifs is 3. The van der Waals surface area contributed by atoms with E-state index in [-0.39, 0.29) is 24.6 Å². The van der Waals surface area contributed by atoms with Crippen molar-refractivity contribution in [2.24, 2.45) is 5.10 Å². The number of hydrogen-bond donors (Lipinski definition) is 2. The van der Waals surface area contributed by atoms with Crippen molar-refractivity contribution in [3.63, 3.8) is 0 Å². The number of halogens is 2. The molecule has 2 N–H and O–H groups in total. The van der Waals surface area contributed by atoms with Gasteiger partial charge in [-0.3, -0.25) is 4.79 Å². The van der Waals surface area contributed by atoms with Gasteiger partial charge in [-0.15, -0.1) is 0 Å². The van der Waals surface area contributed by atoms with Gasteiger partial charge < -0.3 is 24.6 Å². The first-order valence-corrected chi connectivity index (χ1v) is 12.4. The highest BCUT2D eigenvalue weighted by Gasteiger charge is 2.37. The van der Waals surface area contributed by atoms with E-state index >= 15 is 0 Å². The molecule has 3 aliphatic rings. The number of nitrogens with zero attached hydrogens (tertiary/aromatic N) is 3. The molecule has 0 radical (unpaired) electrons. The second-order valence-electron chi connectivity index (χ2n) is 10.1. The molecule has 2 amide bonds. The summed E-state index contributed by atoms with van der Waals surface area (Å²) in [5, 5.41) is 8.74. The second-order valence-corrected chi connectivity index (χ2v) is 10.9. The SMILES string of the molecule is C[C@H]1C(=O)NN=C2COc3cc(-c4ccc(Cl)cc4Cl)c(NC4CN(C(=O)OC(C)(C)C)C4)cc3N21. The predicted molar refractivity (Wildman–Crippen MR) is 140 cm³/mol. The van der Waals surface area contributed by atoms with Crippen LogP contribution in [0, 0.1) is 0 Å². The standard InChI is InChI=1S/C25H27Cl2N5O4/c1-13-23(33)30-29-22-12-35-21-8-17(16-6-5-14(26)7-18(16)27)19(9-20(21)32(13)22)28-15-10-31(11-15)24(34)36-25(2,3)4/h5-9,13,15,28H,10-12H2,1-4H3,(H,30,33)/t13-/m0/s1. The van der Waals surface area contributed by atoms with Gasteiger partial charge in [-0.05, 0) is 52.0 Å². The van der Waals surface area contributed by atoms with E-state index in [1.54, 1.807) is 17.0 Å². The van der Waals surface area contributed by atoms with Gasteiger partial charge in [0.25, 0.3) is 5.91 Å². The zero-order valence-corrected chi connectivity index (χ0v) is 21.9. The molecule has 3 heterocycles. The largest absolute Gasteiger partial charge is 0.483 e. The lowest BCUT2D eigenvalue weighted by molar-refractivity contribution is -0.122. The molecule has 36 heavy (non-hydrogen) atoms. The van der Waals surface area contributed by atoms with Crippen LogP contribution in [-0.4, -0.2) is 60.1 Å². The molecule has 9 nitrogen and oxygen atoms in total. The molecule has 0 spiro atoms. The highest BCUT2D eigenvalue weighted by molar-refractivity contribution is 6.36. The van der Waals surface area contributed by atoms with Crippen LogP contribution >= 0.6 is 23.2 Å². The highest BCUT2D eigenvalue weighted by Crippen LogP contribution is 2.45. The molecule has 0 unspecified atom stereocenters. The van der Waals surface area contributed by atoms with Crippen molar-refractivity contribution in [2.45, 2.75) is 45.4 Å². The summed E-state index contributed by atoms with van der Waals surface area (Å²) in [6.07, 6.45) is -0.339. The molecule has 2 aromatic rings. The van der Waals surface area contributed by atoms with Crippen molar-refractivity contribution in [1.82, 2.24) is 10.3 Å². The van der Waals surface area contributed by atoms with Crippen LogP contribution in [0.25, 0.3) is 11.1 Å². The van der Waals surface area contributed by atoms with E-state index in [1.165, 1.54) is 0 Å². The summed E-state index contributed by atoms with van der Waals surface area (Å²) in [6, 6.07) is 8.73. The Labute approximate surface area is 219 Å². The van der Waals surface area contributed by atoms with E-state index in [0.29, 0.717) is 34.7 Å². The van der Waals surface area contributed by atoms with Crippen LogP contribution in [0.15, 0.2) is 35.4 Å². The van der Waals surface area contributed by atoms with Crippen LogP contribution in [0.1, 0.15) is 27.7 Å². The van der Waals surface area contributed by atoms with Crippen LogP contribution in [-0.2, 0) is 9.53 Å². The number of hydrogen-bond acceptors (Lipinski definition) is 7. The number of benzene rings is 2. The van der Waals surface area contributed by atoms with Crippen molar-refractivity contribution in [1.29, 1.82) is 0 Å². The molecule has 2 aromatic carbocycles. The summed E-state index contributed by atoms with van der Waals surface area (Å²) in [4.78, 5) is 28.3. The Morgan fingerprint density at radius 1 is 1.19 bits per heavy atom. The van der Waals surface area contributed by atoms with Gasteiger partial charge in [0.05, 0.1) is 11.7 Å². The molecular formula is C25H27Cl2N5O4. The van der Waals surface area contributed by atoms with Crippen LogP contribution in [0.4, 0.5) is 16.2 Å². The first kappa shape index (κ1) is 24.5. The van der Waals surface area contributed by atoms with Crippen LogP contribution in [0.2, 0.25) is 10.0 Å². The Morgan fingerprint density at radius 2 is 1.94 bits per heavy atom. The average molecular weight is 532 g/mol. The van der Waals surface area contributed by atoms with E-state index in [9.17, 15) is 9.59 Å². The van der Waals surface area contributed by atoms with Crippen molar-refractivity contribution >= 4 is 52.4 Å². The van der Waals surface area contributed by atoms with Gasteiger partial charge >= 0.3 is 6.09 Å². The lowest BCUT2D eigenvalue weighted by Crippen LogP contribution is -2.58. The quantitative estimate of drug-likeness (QED) is 0.594. The van der Waals surface area contributed by atoms with E-state index in [4.69, 9.17) is 32.7 Å². The fourth-order valence-corrected chi connectivity index (χ4v) is 4.90. The maximum Gasteiger partial charge on any atom is 0.410 e. The molecule has 0 aromatic heterocycles. The molecular weight excluding hydrogens is 505 g/mol. The number of hydrazone groups is 1. The number of rotatable bonds is 3. The molecule has 3 aliphatic heterocycles. The molecule has 0 bridgehead atoms. The minimum atomic E-state index is -0.552. The topological polar surface area (TPSA) is 95.5 Å². The summed E-state index contributed by atoms with van der Waals surface area (Å²) >= 11 is 12.7. The summed E-state index contributed by atoms with van der Waals surface area (Å²) in [5.74, 6) is 1.04. The van der Waals surface area contributed by atoms with Crippen molar-refractivity contribution in [3.05, 3.63) is 40.4 Å². The number of carbonyl (C=O) groups excluding carboxylic acids is 2. The molecule has 11 heteroatoms. The zero-order valence-electron chi connectivity index (χ0n) is 20.4. The van der Waals surface area contributed by atoms with Gasteiger partial charge in [0.2, 0.25) is 0 Å². The normalized spacial score (nSPS) is 19.3. The Kier molecular flexibility index (Phi) is 6.16. The minimum Gasteiger partial charge on any atom is -0.483 e. The highest BCUT2D eigenvalue weighted by atomic mass is 35.5. The second kappa shape index (κ2) is 9.05. The summed E-state index contributed by atoms with van der Waals surface area (Å²) in [5.41, 5.74) is 5.10. The molecule has 0 aliphatic carbocycles. The van der Waals surface area contributed by atoms with Crippen LogP contribution < -0.4 is 20.4 Å².